The Labute approximate surface area is 156 Å². The summed E-state index contributed by atoms with van der Waals surface area (Å²) >= 11 is 0. The summed E-state index contributed by atoms with van der Waals surface area (Å²) in [6, 6.07) is 0. The van der Waals surface area contributed by atoms with E-state index in [2.05, 4.69) is 6.92 Å². The first-order valence-corrected chi connectivity index (χ1v) is 10.4. The molecule has 0 N–H and O–H groups in total. The number of alkyl halides is 1. The number of carbonyl (C=O) groups excluding carboxylic acids is 1. The molecule has 2 aliphatic heterocycles. The molecular weight excluding hydrogens is 335 g/mol. The van der Waals surface area contributed by atoms with Crippen molar-refractivity contribution in [2.75, 3.05) is 6.61 Å². The number of rotatable bonds is 8. The fraction of sp³-hybridized carbons (Fsp3) is 0.857. The molecule has 0 spiro atoms. The lowest BCUT2D eigenvalue weighted by atomic mass is 9.89. The largest absolute Gasteiger partial charge is 0.469 e. The highest BCUT2D eigenvalue weighted by molar-refractivity contribution is 5.72. The molecule has 26 heavy (non-hydrogen) atoms. The summed E-state index contributed by atoms with van der Waals surface area (Å²) < 4.78 is 32.2. The number of carbonyl (C=O) groups is 1. The second-order valence-electron chi connectivity index (χ2n) is 8.32. The van der Waals surface area contributed by atoms with Gasteiger partial charge in [-0.1, -0.05) is 19.8 Å². The first-order chi connectivity index (χ1) is 12.5. The van der Waals surface area contributed by atoms with Gasteiger partial charge in [-0.2, -0.15) is 0 Å². The Morgan fingerprint density at radius 1 is 1.35 bits per heavy atom. The molecule has 148 valence electrons. The predicted octanol–water partition coefficient (Wildman–Crippen LogP) is 5.06. The van der Waals surface area contributed by atoms with Crippen LogP contribution in [0.15, 0.2) is 11.8 Å². The zero-order valence-electron chi connectivity index (χ0n) is 16.2. The van der Waals surface area contributed by atoms with Crippen molar-refractivity contribution >= 4 is 5.97 Å². The minimum atomic E-state index is -1.22. The minimum absolute atomic E-state index is 0.00336. The van der Waals surface area contributed by atoms with Crippen molar-refractivity contribution in [1.29, 1.82) is 0 Å². The zero-order chi connectivity index (χ0) is 18.6. The Kier molecular flexibility index (Phi) is 6.60. The lowest BCUT2D eigenvalue weighted by Crippen LogP contribution is -2.26. The quantitative estimate of drug-likeness (QED) is 0.443. The van der Waals surface area contributed by atoms with E-state index in [1.807, 2.05) is 6.08 Å². The van der Waals surface area contributed by atoms with Crippen molar-refractivity contribution in [2.24, 2.45) is 11.8 Å². The van der Waals surface area contributed by atoms with Gasteiger partial charge in [-0.05, 0) is 45.1 Å². The van der Waals surface area contributed by atoms with Crippen LogP contribution in [0, 0.1) is 11.8 Å². The van der Waals surface area contributed by atoms with Crippen molar-refractivity contribution < 1.29 is 23.4 Å². The van der Waals surface area contributed by atoms with Crippen LogP contribution in [0.4, 0.5) is 4.39 Å². The zero-order valence-corrected chi connectivity index (χ0v) is 16.2. The van der Waals surface area contributed by atoms with Gasteiger partial charge < -0.3 is 14.2 Å². The summed E-state index contributed by atoms with van der Waals surface area (Å²) in [4.78, 5) is 11.7. The standard InChI is InChI=1S/C21H33FO4/c1-3-4-11-21(2,22)12-10-18(26-20-7-5-6-13-24-20)15-8-9-17-16(15)14-19(23)25-17/h10,15-17,20H,3-9,11-14H2,1-2H3/t15-,16+,17+,20?,21?/m0/s1. The van der Waals surface area contributed by atoms with Crippen molar-refractivity contribution in [3.8, 4) is 0 Å². The Morgan fingerprint density at radius 3 is 2.92 bits per heavy atom. The van der Waals surface area contributed by atoms with Crippen molar-refractivity contribution in [3.63, 3.8) is 0 Å². The average Bonchev–Trinajstić information content (AvgIpc) is 3.17. The predicted molar refractivity (Wildman–Crippen MR) is 97.1 cm³/mol. The van der Waals surface area contributed by atoms with Gasteiger partial charge >= 0.3 is 5.97 Å². The first kappa shape index (κ1) is 19.7. The molecule has 3 rings (SSSR count). The molecule has 1 saturated carbocycles. The molecule has 4 nitrogen and oxygen atoms in total. The molecule has 1 aliphatic carbocycles. The van der Waals surface area contributed by atoms with E-state index in [0.29, 0.717) is 25.9 Å². The summed E-state index contributed by atoms with van der Waals surface area (Å²) in [5, 5.41) is 0. The van der Waals surface area contributed by atoms with Crippen molar-refractivity contribution in [2.45, 2.75) is 96.1 Å². The molecule has 0 aromatic heterocycles. The molecule has 0 aromatic rings. The van der Waals surface area contributed by atoms with E-state index >= 15 is 0 Å². The van der Waals surface area contributed by atoms with Crippen molar-refractivity contribution in [1.82, 2.24) is 0 Å². The van der Waals surface area contributed by atoms with E-state index in [-0.39, 0.29) is 30.2 Å². The van der Waals surface area contributed by atoms with Gasteiger partial charge in [-0.15, -0.1) is 0 Å². The maximum atomic E-state index is 14.8. The third kappa shape index (κ3) is 4.99. The average molecular weight is 368 g/mol. The van der Waals surface area contributed by atoms with Crippen LogP contribution in [0.3, 0.4) is 0 Å². The number of hydrogen-bond donors (Lipinski definition) is 0. The van der Waals surface area contributed by atoms with E-state index in [9.17, 15) is 9.18 Å². The highest BCUT2D eigenvalue weighted by atomic mass is 19.1. The molecule has 0 amide bonds. The number of halogens is 1. The van der Waals surface area contributed by atoms with Crippen molar-refractivity contribution in [3.05, 3.63) is 11.8 Å². The van der Waals surface area contributed by atoms with Gasteiger partial charge in [0, 0.05) is 24.7 Å². The topological polar surface area (TPSA) is 44.8 Å². The van der Waals surface area contributed by atoms with E-state index in [1.54, 1.807) is 6.92 Å². The summed E-state index contributed by atoms with van der Waals surface area (Å²) in [5.74, 6) is 1.01. The monoisotopic (exact) mass is 368 g/mol. The molecule has 0 radical (unpaired) electrons. The Balaban J connectivity index is 1.70. The number of allylic oxidation sites excluding steroid dienone is 2. The number of unbranched alkanes of at least 4 members (excludes halogenated alkanes) is 1. The number of hydrogen-bond acceptors (Lipinski definition) is 4. The molecular formula is C21H33FO4. The number of esters is 1. The van der Waals surface area contributed by atoms with Gasteiger partial charge in [-0.25, -0.2) is 4.39 Å². The van der Waals surface area contributed by atoms with Crippen LogP contribution >= 0.6 is 0 Å². The van der Waals surface area contributed by atoms with Crippen LogP contribution in [0.5, 0.6) is 0 Å². The first-order valence-electron chi connectivity index (χ1n) is 10.4. The number of fused-ring (bicyclic) bond motifs is 1. The van der Waals surface area contributed by atoms with Crippen LogP contribution in [0.2, 0.25) is 0 Å². The van der Waals surface area contributed by atoms with E-state index in [0.717, 1.165) is 50.7 Å². The molecule has 2 unspecified atom stereocenters. The molecule has 2 heterocycles. The van der Waals surface area contributed by atoms with Gasteiger partial charge in [0.05, 0.1) is 18.8 Å². The highest BCUT2D eigenvalue weighted by Gasteiger charge is 2.47. The van der Waals surface area contributed by atoms with E-state index in [4.69, 9.17) is 14.2 Å². The molecule has 0 bridgehead atoms. The lowest BCUT2D eigenvalue weighted by Gasteiger charge is -2.29. The van der Waals surface area contributed by atoms with Crippen LogP contribution in [0.1, 0.15) is 78.1 Å². The third-order valence-corrected chi connectivity index (χ3v) is 5.99. The normalized spacial score (nSPS) is 34.3. The number of ether oxygens (including phenoxy) is 3. The van der Waals surface area contributed by atoms with Crippen LogP contribution in [0.25, 0.3) is 0 Å². The lowest BCUT2D eigenvalue weighted by molar-refractivity contribution is -0.145. The SMILES string of the molecule is CCCCC(C)(F)CC=C(OC1CCCCO1)[C@H]1CC[C@H]2OC(=O)C[C@H]12. The van der Waals surface area contributed by atoms with E-state index in [1.165, 1.54) is 0 Å². The van der Waals surface area contributed by atoms with Gasteiger partial charge in [0.25, 0.3) is 0 Å². The van der Waals surface area contributed by atoms with Gasteiger partial charge in [0.2, 0.25) is 0 Å². The smallest absolute Gasteiger partial charge is 0.306 e. The van der Waals surface area contributed by atoms with Gasteiger partial charge in [0.1, 0.15) is 11.8 Å². The molecule has 3 aliphatic rings. The highest BCUT2D eigenvalue weighted by Crippen LogP contribution is 2.45. The fourth-order valence-corrected chi connectivity index (χ4v) is 4.42. The molecule has 5 heteroatoms. The van der Waals surface area contributed by atoms with Gasteiger partial charge in [-0.3, -0.25) is 4.79 Å². The summed E-state index contributed by atoms with van der Waals surface area (Å²) in [6.45, 7) is 4.47. The van der Waals surface area contributed by atoms with Crippen LogP contribution in [-0.4, -0.2) is 30.6 Å². The fourth-order valence-electron chi connectivity index (χ4n) is 4.42. The Bertz CT molecular complexity index is 510. The Morgan fingerprint density at radius 2 is 2.19 bits per heavy atom. The summed E-state index contributed by atoms with van der Waals surface area (Å²) in [5.41, 5.74) is -1.22. The van der Waals surface area contributed by atoms with Crippen LogP contribution < -0.4 is 0 Å². The maximum Gasteiger partial charge on any atom is 0.306 e. The Hall–Kier alpha value is -1.10. The van der Waals surface area contributed by atoms with E-state index < -0.39 is 5.67 Å². The molecule has 0 aromatic carbocycles. The molecule has 5 atom stereocenters. The maximum absolute atomic E-state index is 14.8. The second kappa shape index (κ2) is 8.73. The molecule has 2 saturated heterocycles. The summed E-state index contributed by atoms with van der Waals surface area (Å²) in [6.07, 6.45) is 9.76. The van der Waals surface area contributed by atoms with Gasteiger partial charge in [0.15, 0.2) is 6.29 Å². The minimum Gasteiger partial charge on any atom is -0.469 e. The van der Waals surface area contributed by atoms with Crippen LogP contribution in [-0.2, 0) is 19.0 Å². The third-order valence-electron chi connectivity index (χ3n) is 5.99. The molecule has 3 fully saturated rings. The second-order valence-corrected chi connectivity index (χ2v) is 8.32. The summed E-state index contributed by atoms with van der Waals surface area (Å²) in [7, 11) is 0.